The SMILES string of the molecule is CCOC(=O)C(COC(=O)Cc1cc(C(=O)N(C)C)c(NC(=O)c2ccccc2-c2ccc(C(F)(F)F)cc2)cn1)(C(=O)OCC)c1ccccc1. The van der Waals surface area contributed by atoms with Gasteiger partial charge in [0.2, 0.25) is 5.41 Å². The lowest BCUT2D eigenvalue weighted by Crippen LogP contribution is -2.50. The summed E-state index contributed by atoms with van der Waals surface area (Å²) >= 11 is 0. The van der Waals surface area contributed by atoms with Crippen LogP contribution < -0.4 is 5.32 Å². The number of pyridine rings is 1. The molecule has 272 valence electrons. The zero-order chi connectivity index (χ0) is 38.1. The summed E-state index contributed by atoms with van der Waals surface area (Å²) in [6.07, 6.45) is -3.84. The van der Waals surface area contributed by atoms with Gasteiger partial charge in [-0.2, -0.15) is 13.2 Å². The van der Waals surface area contributed by atoms with Crippen LogP contribution in [0, 0.1) is 0 Å². The van der Waals surface area contributed by atoms with E-state index in [1.807, 2.05) is 0 Å². The summed E-state index contributed by atoms with van der Waals surface area (Å²) in [6.45, 7) is 2.26. The first-order chi connectivity index (χ1) is 24.7. The number of halogens is 3. The van der Waals surface area contributed by atoms with Gasteiger partial charge >= 0.3 is 24.1 Å². The number of nitrogens with one attached hydrogen (secondary N) is 1. The van der Waals surface area contributed by atoms with Crippen LogP contribution in [0.25, 0.3) is 11.1 Å². The predicted molar refractivity (Wildman–Crippen MR) is 183 cm³/mol. The van der Waals surface area contributed by atoms with Gasteiger partial charge in [-0.15, -0.1) is 0 Å². The summed E-state index contributed by atoms with van der Waals surface area (Å²) in [6, 6.07) is 19.8. The van der Waals surface area contributed by atoms with Crippen LogP contribution in [0.15, 0.2) is 91.1 Å². The lowest BCUT2D eigenvalue weighted by Gasteiger charge is -2.29. The Morgan fingerprint density at radius 2 is 1.35 bits per heavy atom. The topological polar surface area (TPSA) is 141 Å². The first kappa shape index (κ1) is 38.7. The Morgan fingerprint density at radius 3 is 1.92 bits per heavy atom. The molecule has 0 aliphatic rings. The Bertz CT molecular complexity index is 1910. The smallest absolute Gasteiger partial charge is 0.416 e. The summed E-state index contributed by atoms with van der Waals surface area (Å²) in [4.78, 5) is 72.0. The minimum Gasteiger partial charge on any atom is -0.465 e. The van der Waals surface area contributed by atoms with Crippen molar-refractivity contribution in [2.75, 3.05) is 39.2 Å². The number of carbonyl (C=O) groups excluding carboxylic acids is 5. The fourth-order valence-corrected chi connectivity index (χ4v) is 5.21. The maximum atomic E-state index is 13.5. The van der Waals surface area contributed by atoms with Crippen molar-refractivity contribution >= 4 is 35.4 Å². The Morgan fingerprint density at radius 1 is 0.750 bits per heavy atom. The van der Waals surface area contributed by atoms with Crippen molar-refractivity contribution in [3.05, 3.63) is 119 Å². The van der Waals surface area contributed by atoms with E-state index >= 15 is 0 Å². The first-order valence-electron chi connectivity index (χ1n) is 16.1. The van der Waals surface area contributed by atoms with E-state index in [1.165, 1.54) is 61.6 Å². The van der Waals surface area contributed by atoms with Crippen LogP contribution in [0.4, 0.5) is 18.9 Å². The lowest BCUT2D eigenvalue weighted by molar-refractivity contribution is -0.170. The molecule has 0 fully saturated rings. The van der Waals surface area contributed by atoms with Crippen molar-refractivity contribution in [2.45, 2.75) is 31.9 Å². The van der Waals surface area contributed by atoms with E-state index in [2.05, 4.69) is 10.3 Å². The van der Waals surface area contributed by atoms with E-state index in [0.717, 1.165) is 12.1 Å². The molecule has 4 rings (SSSR count). The number of ether oxygens (including phenoxy) is 3. The van der Waals surface area contributed by atoms with Crippen molar-refractivity contribution in [3.8, 4) is 11.1 Å². The maximum Gasteiger partial charge on any atom is 0.416 e. The average molecular weight is 720 g/mol. The number of nitrogens with zero attached hydrogens (tertiary/aromatic N) is 2. The van der Waals surface area contributed by atoms with Crippen molar-refractivity contribution in [1.82, 2.24) is 9.88 Å². The molecule has 0 bridgehead atoms. The molecule has 3 aromatic carbocycles. The third-order valence-corrected chi connectivity index (χ3v) is 7.83. The number of aromatic nitrogens is 1. The molecule has 0 spiro atoms. The molecule has 0 aliphatic heterocycles. The lowest BCUT2D eigenvalue weighted by atomic mass is 9.81. The van der Waals surface area contributed by atoms with Gasteiger partial charge in [-0.05, 0) is 54.8 Å². The highest BCUT2D eigenvalue weighted by molar-refractivity contribution is 6.12. The first-order valence-corrected chi connectivity index (χ1v) is 16.1. The van der Waals surface area contributed by atoms with Crippen LogP contribution in [0.3, 0.4) is 0 Å². The van der Waals surface area contributed by atoms with Crippen molar-refractivity contribution in [3.63, 3.8) is 0 Å². The Labute approximate surface area is 297 Å². The van der Waals surface area contributed by atoms with Gasteiger partial charge in [-0.1, -0.05) is 60.7 Å². The number of alkyl halides is 3. The van der Waals surface area contributed by atoms with E-state index in [1.54, 1.807) is 50.2 Å². The van der Waals surface area contributed by atoms with Crippen LogP contribution in [-0.4, -0.2) is 73.5 Å². The van der Waals surface area contributed by atoms with Gasteiger partial charge in [-0.25, -0.2) is 0 Å². The normalized spacial score (nSPS) is 11.3. The second-order valence-electron chi connectivity index (χ2n) is 11.5. The van der Waals surface area contributed by atoms with Crippen molar-refractivity contribution in [2.24, 2.45) is 0 Å². The molecule has 0 saturated carbocycles. The largest absolute Gasteiger partial charge is 0.465 e. The molecule has 1 N–H and O–H groups in total. The molecular weight excluding hydrogens is 683 g/mol. The highest BCUT2D eigenvalue weighted by atomic mass is 19.4. The third-order valence-electron chi connectivity index (χ3n) is 7.83. The van der Waals surface area contributed by atoms with Crippen molar-refractivity contribution < 1.29 is 51.4 Å². The van der Waals surface area contributed by atoms with Gasteiger partial charge < -0.3 is 24.4 Å². The molecule has 4 aromatic rings. The third kappa shape index (κ3) is 8.81. The van der Waals surface area contributed by atoms with Crippen LogP contribution in [-0.2, 0) is 46.6 Å². The molecule has 14 heteroatoms. The van der Waals surface area contributed by atoms with E-state index in [-0.39, 0.29) is 41.3 Å². The highest BCUT2D eigenvalue weighted by Crippen LogP contribution is 2.33. The van der Waals surface area contributed by atoms with Crippen molar-refractivity contribution in [1.29, 1.82) is 0 Å². The number of amides is 2. The molecule has 1 heterocycles. The predicted octanol–water partition coefficient (Wildman–Crippen LogP) is 5.87. The molecule has 0 atom stereocenters. The van der Waals surface area contributed by atoms with Gasteiger partial charge in [0.1, 0.15) is 6.61 Å². The monoisotopic (exact) mass is 719 g/mol. The minimum absolute atomic E-state index is 0.00393. The zero-order valence-corrected chi connectivity index (χ0v) is 28.8. The molecule has 0 saturated heterocycles. The summed E-state index contributed by atoms with van der Waals surface area (Å²) in [5, 5.41) is 2.65. The van der Waals surface area contributed by atoms with Gasteiger partial charge in [0, 0.05) is 19.7 Å². The molecule has 2 amide bonds. The number of benzene rings is 3. The van der Waals surface area contributed by atoms with Crippen LogP contribution in [0.5, 0.6) is 0 Å². The quantitative estimate of drug-likeness (QED) is 0.102. The Balaban J connectivity index is 1.60. The van der Waals surface area contributed by atoms with E-state index in [0.29, 0.717) is 11.1 Å². The maximum absolute atomic E-state index is 13.5. The molecule has 52 heavy (non-hydrogen) atoms. The number of carbonyl (C=O) groups is 5. The molecular formula is C38H36F3N3O8. The fraction of sp³-hybridized carbons (Fsp3) is 0.263. The standard InChI is InChI=1S/C38H36F3N3O8/c1-5-50-35(48)37(36(49)51-6-2,25-12-8-7-9-13-25)23-52-32(45)21-27-20-30(34(47)44(3)4)31(22-42-27)43-33(46)29-15-11-10-14-28(29)24-16-18-26(19-17-24)38(39,40)41/h7-20,22H,5-6,21,23H2,1-4H3,(H,43,46). The van der Waals surface area contributed by atoms with Gasteiger partial charge in [0.25, 0.3) is 11.8 Å². The molecule has 1 aromatic heterocycles. The number of esters is 3. The van der Waals surface area contributed by atoms with Gasteiger partial charge in [0.15, 0.2) is 0 Å². The van der Waals surface area contributed by atoms with Gasteiger partial charge in [-0.3, -0.25) is 29.0 Å². The number of anilines is 1. The van der Waals surface area contributed by atoms with Gasteiger partial charge in [0.05, 0.1) is 48.3 Å². The summed E-state index contributed by atoms with van der Waals surface area (Å²) < 4.78 is 55.3. The minimum atomic E-state index is -4.53. The Hall–Kier alpha value is -6.05. The Kier molecular flexibility index (Phi) is 12.5. The second kappa shape index (κ2) is 16.8. The molecule has 0 unspecified atom stereocenters. The molecule has 11 nitrogen and oxygen atoms in total. The van der Waals surface area contributed by atoms with E-state index in [9.17, 15) is 37.1 Å². The van der Waals surface area contributed by atoms with E-state index in [4.69, 9.17) is 14.2 Å². The molecule has 0 radical (unpaired) electrons. The number of rotatable bonds is 13. The molecule has 0 aliphatic carbocycles. The highest BCUT2D eigenvalue weighted by Gasteiger charge is 2.52. The number of hydrogen-bond donors (Lipinski definition) is 1. The number of hydrogen-bond acceptors (Lipinski definition) is 9. The second-order valence-corrected chi connectivity index (χ2v) is 11.5. The fourth-order valence-electron chi connectivity index (χ4n) is 5.21. The van der Waals surface area contributed by atoms with Crippen LogP contribution >= 0.6 is 0 Å². The van der Waals surface area contributed by atoms with E-state index < -0.39 is 59.9 Å². The van der Waals surface area contributed by atoms with Crippen LogP contribution in [0.1, 0.15) is 51.4 Å². The summed E-state index contributed by atoms with van der Waals surface area (Å²) in [5.74, 6) is -4.05. The average Bonchev–Trinajstić information content (AvgIpc) is 3.12. The summed E-state index contributed by atoms with van der Waals surface area (Å²) in [5.41, 5.74) is -1.91. The van der Waals surface area contributed by atoms with Crippen LogP contribution in [0.2, 0.25) is 0 Å². The zero-order valence-electron chi connectivity index (χ0n) is 28.8. The summed E-state index contributed by atoms with van der Waals surface area (Å²) in [7, 11) is 2.96.